The number of aryl methyl sites for hydroxylation is 2. The van der Waals surface area contributed by atoms with Crippen molar-refractivity contribution in [2.24, 2.45) is 0 Å². The molecule has 0 unspecified atom stereocenters. The van der Waals surface area contributed by atoms with Gasteiger partial charge < -0.3 is 5.32 Å². The van der Waals surface area contributed by atoms with Gasteiger partial charge in [-0.2, -0.15) is 0 Å². The third-order valence-corrected chi connectivity index (χ3v) is 3.88. The van der Waals surface area contributed by atoms with Crippen LogP contribution in [-0.4, -0.2) is 31.9 Å². The van der Waals surface area contributed by atoms with Gasteiger partial charge in [-0.3, -0.25) is 4.79 Å². The molecule has 0 bridgehead atoms. The number of aromatic nitrogens is 4. The van der Waals surface area contributed by atoms with Crippen molar-refractivity contribution in [1.29, 1.82) is 0 Å². The molecule has 1 aromatic heterocycles. The van der Waals surface area contributed by atoms with Gasteiger partial charge in [0.2, 0.25) is 11.1 Å². The molecule has 0 aliphatic rings. The standard InChI is InChI=1S/C14H19N5OS/c1-9(2)19-14(16-17-18-19)21-8-13(20)15-12-7-10(3)5-6-11(12)4/h5-7,9H,8H2,1-4H3,(H,15,20). The van der Waals surface area contributed by atoms with Crippen LogP contribution in [0.4, 0.5) is 5.69 Å². The van der Waals surface area contributed by atoms with E-state index in [9.17, 15) is 4.79 Å². The number of benzene rings is 1. The van der Waals surface area contributed by atoms with Crippen molar-refractivity contribution in [1.82, 2.24) is 20.2 Å². The van der Waals surface area contributed by atoms with E-state index in [0.29, 0.717) is 5.16 Å². The highest BCUT2D eigenvalue weighted by Gasteiger charge is 2.12. The van der Waals surface area contributed by atoms with Crippen LogP contribution in [0.3, 0.4) is 0 Å². The maximum atomic E-state index is 12.0. The van der Waals surface area contributed by atoms with Gasteiger partial charge in [-0.25, -0.2) is 4.68 Å². The molecule has 0 saturated heterocycles. The fourth-order valence-electron chi connectivity index (χ4n) is 1.79. The summed E-state index contributed by atoms with van der Waals surface area (Å²) < 4.78 is 1.70. The Morgan fingerprint density at radius 3 is 2.86 bits per heavy atom. The first kappa shape index (κ1) is 15.5. The molecule has 0 aliphatic carbocycles. The van der Waals surface area contributed by atoms with Crippen LogP contribution in [0.15, 0.2) is 23.4 Å². The summed E-state index contributed by atoms with van der Waals surface area (Å²) in [5.41, 5.74) is 3.02. The lowest BCUT2D eigenvalue weighted by atomic mass is 10.1. The van der Waals surface area contributed by atoms with E-state index in [1.54, 1.807) is 4.68 Å². The lowest BCUT2D eigenvalue weighted by molar-refractivity contribution is -0.113. The number of rotatable bonds is 5. The molecule has 1 N–H and O–H groups in total. The Morgan fingerprint density at radius 2 is 2.14 bits per heavy atom. The molecule has 1 aromatic carbocycles. The fraction of sp³-hybridized carbons (Fsp3) is 0.429. The van der Waals surface area contributed by atoms with Gasteiger partial charge in [-0.05, 0) is 55.3 Å². The lowest BCUT2D eigenvalue weighted by Crippen LogP contribution is -2.16. The number of thioether (sulfide) groups is 1. The molecule has 112 valence electrons. The van der Waals surface area contributed by atoms with Crippen LogP contribution < -0.4 is 5.32 Å². The lowest BCUT2D eigenvalue weighted by Gasteiger charge is -2.10. The number of tetrazole rings is 1. The third-order valence-electron chi connectivity index (χ3n) is 2.95. The van der Waals surface area contributed by atoms with Gasteiger partial charge in [0.25, 0.3) is 0 Å². The number of carbonyl (C=O) groups excluding carboxylic acids is 1. The van der Waals surface area contributed by atoms with E-state index in [-0.39, 0.29) is 17.7 Å². The van der Waals surface area contributed by atoms with Crippen LogP contribution in [0.25, 0.3) is 0 Å². The summed E-state index contributed by atoms with van der Waals surface area (Å²) in [5.74, 6) is 0.215. The van der Waals surface area contributed by atoms with Gasteiger partial charge in [0.15, 0.2) is 0 Å². The largest absolute Gasteiger partial charge is 0.325 e. The molecule has 1 amide bonds. The predicted octanol–water partition coefficient (Wildman–Crippen LogP) is 2.60. The zero-order valence-corrected chi connectivity index (χ0v) is 13.4. The molecule has 7 heteroatoms. The number of nitrogens with one attached hydrogen (secondary N) is 1. The number of amides is 1. The summed E-state index contributed by atoms with van der Waals surface area (Å²) in [6.07, 6.45) is 0. The van der Waals surface area contributed by atoms with E-state index in [1.807, 2.05) is 45.9 Å². The SMILES string of the molecule is Cc1ccc(C)c(NC(=O)CSc2nnnn2C(C)C)c1. The second-order valence-electron chi connectivity index (χ2n) is 5.16. The Hall–Kier alpha value is -1.89. The highest BCUT2D eigenvalue weighted by atomic mass is 32.2. The van der Waals surface area contributed by atoms with E-state index in [4.69, 9.17) is 0 Å². The van der Waals surface area contributed by atoms with Crippen molar-refractivity contribution in [3.05, 3.63) is 29.3 Å². The van der Waals surface area contributed by atoms with Crippen LogP contribution >= 0.6 is 11.8 Å². The minimum absolute atomic E-state index is 0.0630. The maximum Gasteiger partial charge on any atom is 0.234 e. The van der Waals surface area contributed by atoms with Gasteiger partial charge in [0.05, 0.1) is 11.8 Å². The molecule has 21 heavy (non-hydrogen) atoms. The summed E-state index contributed by atoms with van der Waals surface area (Å²) in [7, 11) is 0. The zero-order valence-electron chi connectivity index (χ0n) is 12.6. The number of nitrogens with zero attached hydrogens (tertiary/aromatic N) is 4. The van der Waals surface area contributed by atoms with Crippen LogP contribution in [-0.2, 0) is 4.79 Å². The van der Waals surface area contributed by atoms with Crippen molar-refractivity contribution >= 4 is 23.4 Å². The summed E-state index contributed by atoms with van der Waals surface area (Å²) in [6, 6.07) is 6.16. The molecular formula is C14H19N5OS. The first-order chi connectivity index (χ1) is 9.97. The Balaban J connectivity index is 1.96. The minimum atomic E-state index is -0.0630. The molecule has 0 radical (unpaired) electrons. The number of hydrogen-bond acceptors (Lipinski definition) is 5. The summed E-state index contributed by atoms with van der Waals surface area (Å²) in [4.78, 5) is 12.0. The van der Waals surface area contributed by atoms with Crippen molar-refractivity contribution in [2.75, 3.05) is 11.1 Å². The molecule has 0 spiro atoms. The Bertz CT molecular complexity index is 638. The molecule has 0 atom stereocenters. The van der Waals surface area contributed by atoms with E-state index in [1.165, 1.54) is 11.8 Å². The van der Waals surface area contributed by atoms with Crippen molar-refractivity contribution in [3.63, 3.8) is 0 Å². The summed E-state index contributed by atoms with van der Waals surface area (Å²) in [6.45, 7) is 7.97. The molecule has 0 saturated carbocycles. The Morgan fingerprint density at radius 1 is 1.38 bits per heavy atom. The molecular weight excluding hydrogens is 286 g/mol. The van der Waals surface area contributed by atoms with Crippen LogP contribution in [0.2, 0.25) is 0 Å². The van der Waals surface area contributed by atoms with Crippen molar-refractivity contribution < 1.29 is 4.79 Å². The molecule has 0 aliphatic heterocycles. The van der Waals surface area contributed by atoms with Crippen LogP contribution in [0.5, 0.6) is 0 Å². The third kappa shape index (κ3) is 4.04. The molecule has 0 fully saturated rings. The Labute approximate surface area is 128 Å². The average molecular weight is 305 g/mol. The first-order valence-electron chi connectivity index (χ1n) is 6.75. The quantitative estimate of drug-likeness (QED) is 0.860. The second-order valence-corrected chi connectivity index (χ2v) is 6.10. The smallest absolute Gasteiger partial charge is 0.234 e. The van der Waals surface area contributed by atoms with E-state index < -0.39 is 0 Å². The van der Waals surface area contributed by atoms with Crippen LogP contribution in [0.1, 0.15) is 31.0 Å². The van der Waals surface area contributed by atoms with Gasteiger partial charge >= 0.3 is 0 Å². The molecule has 6 nitrogen and oxygen atoms in total. The van der Waals surface area contributed by atoms with Crippen molar-refractivity contribution in [3.8, 4) is 0 Å². The minimum Gasteiger partial charge on any atom is -0.325 e. The van der Waals surface area contributed by atoms with E-state index in [0.717, 1.165) is 16.8 Å². The maximum absolute atomic E-state index is 12.0. The van der Waals surface area contributed by atoms with Crippen LogP contribution in [0, 0.1) is 13.8 Å². The van der Waals surface area contributed by atoms with Gasteiger partial charge in [-0.15, -0.1) is 5.10 Å². The second kappa shape index (κ2) is 6.71. The zero-order chi connectivity index (χ0) is 15.4. The average Bonchev–Trinajstić information content (AvgIpc) is 2.89. The fourth-order valence-corrected chi connectivity index (χ4v) is 2.60. The highest BCUT2D eigenvalue weighted by Crippen LogP contribution is 2.19. The van der Waals surface area contributed by atoms with E-state index in [2.05, 4.69) is 20.8 Å². The molecule has 1 heterocycles. The summed E-state index contributed by atoms with van der Waals surface area (Å²) >= 11 is 1.33. The molecule has 2 rings (SSSR count). The predicted molar refractivity (Wildman–Crippen MR) is 83.5 cm³/mol. The molecule has 2 aromatic rings. The Kier molecular flexibility index (Phi) is 4.95. The van der Waals surface area contributed by atoms with Gasteiger partial charge in [-0.1, -0.05) is 23.9 Å². The normalized spacial score (nSPS) is 10.9. The van der Waals surface area contributed by atoms with Crippen molar-refractivity contribution in [2.45, 2.75) is 38.9 Å². The van der Waals surface area contributed by atoms with E-state index >= 15 is 0 Å². The van der Waals surface area contributed by atoms with Gasteiger partial charge in [0.1, 0.15) is 0 Å². The summed E-state index contributed by atoms with van der Waals surface area (Å²) in [5, 5.41) is 15.1. The van der Waals surface area contributed by atoms with Gasteiger partial charge in [0, 0.05) is 5.69 Å². The monoisotopic (exact) mass is 305 g/mol. The number of anilines is 1. The number of carbonyl (C=O) groups is 1. The topological polar surface area (TPSA) is 72.7 Å². The highest BCUT2D eigenvalue weighted by molar-refractivity contribution is 7.99. The first-order valence-corrected chi connectivity index (χ1v) is 7.73. The number of hydrogen-bond donors (Lipinski definition) is 1.